The van der Waals surface area contributed by atoms with Crippen LogP contribution in [0.25, 0.3) is 11.2 Å². The number of aromatic nitrogens is 4. The maximum absolute atomic E-state index is 14.1. The number of nitrogens with zero attached hydrogens (tertiary/aromatic N) is 4. The number of alkyl halides is 3. The molecular formula is C32H26F4N4O7S. The molecule has 0 spiro atoms. The molecule has 6 rings (SSSR count). The molecule has 0 saturated carbocycles. The molecule has 0 bridgehead atoms. The highest BCUT2D eigenvalue weighted by atomic mass is 32.2. The Kier molecular flexibility index (Phi) is 9.00. The Balaban J connectivity index is 1.47. The molecule has 0 radical (unpaired) electrons. The Morgan fingerprint density at radius 2 is 1.42 bits per heavy atom. The maximum atomic E-state index is 14.1. The second kappa shape index (κ2) is 13.0. The molecule has 1 saturated heterocycles. The van der Waals surface area contributed by atoms with E-state index in [2.05, 4.69) is 15.0 Å². The number of carbonyl (C=O) groups is 1. The van der Waals surface area contributed by atoms with E-state index >= 15 is 0 Å². The van der Waals surface area contributed by atoms with Gasteiger partial charge in [0.05, 0.1) is 19.1 Å². The van der Waals surface area contributed by atoms with E-state index < -0.39 is 64.4 Å². The average Bonchev–Trinajstić information content (AvgIpc) is 3.62. The number of carbonyl (C=O) groups excluding carboxylic acids is 1. The summed E-state index contributed by atoms with van der Waals surface area (Å²) in [5.74, 6) is -0.975. The Morgan fingerprint density at radius 3 is 1.92 bits per heavy atom. The van der Waals surface area contributed by atoms with E-state index in [0.717, 1.165) is 24.0 Å². The van der Waals surface area contributed by atoms with Crippen molar-refractivity contribution in [1.82, 2.24) is 19.5 Å². The monoisotopic (exact) mass is 686 g/mol. The first-order valence-corrected chi connectivity index (χ1v) is 15.8. The zero-order valence-electron chi connectivity index (χ0n) is 24.9. The molecule has 3 aromatic carbocycles. The van der Waals surface area contributed by atoms with Gasteiger partial charge in [-0.05, 0) is 16.7 Å². The van der Waals surface area contributed by atoms with Crippen molar-refractivity contribution in [2.24, 2.45) is 0 Å². The Bertz CT molecular complexity index is 1900. The van der Waals surface area contributed by atoms with Gasteiger partial charge >= 0.3 is 27.7 Å². The van der Waals surface area contributed by atoms with Gasteiger partial charge in [0.25, 0.3) is 0 Å². The summed E-state index contributed by atoms with van der Waals surface area (Å²) in [6.07, 6.45) is -6.29. The molecule has 48 heavy (non-hydrogen) atoms. The van der Waals surface area contributed by atoms with Crippen LogP contribution in [0.1, 0.15) is 29.8 Å². The molecule has 4 atom stereocenters. The zero-order valence-corrected chi connectivity index (χ0v) is 25.7. The van der Waals surface area contributed by atoms with Gasteiger partial charge in [0.1, 0.15) is 17.2 Å². The molecule has 2 aromatic heterocycles. The summed E-state index contributed by atoms with van der Waals surface area (Å²) in [4.78, 5) is 23.4. The van der Waals surface area contributed by atoms with Crippen LogP contribution in [0.3, 0.4) is 0 Å². The minimum absolute atomic E-state index is 0.0115. The van der Waals surface area contributed by atoms with Gasteiger partial charge in [-0.1, -0.05) is 91.0 Å². The second-order valence-electron chi connectivity index (χ2n) is 10.7. The lowest BCUT2D eigenvalue weighted by Gasteiger charge is -2.37. The summed E-state index contributed by atoms with van der Waals surface area (Å²) in [6, 6.07) is 27.3. The van der Waals surface area contributed by atoms with Crippen molar-refractivity contribution in [2.45, 2.75) is 42.6 Å². The predicted molar refractivity (Wildman–Crippen MR) is 160 cm³/mol. The fourth-order valence-corrected chi connectivity index (χ4v) is 6.28. The molecule has 0 amide bonds. The van der Waals surface area contributed by atoms with Crippen molar-refractivity contribution in [1.29, 1.82) is 0 Å². The number of rotatable bonds is 10. The first-order valence-electron chi connectivity index (χ1n) is 14.4. The lowest BCUT2D eigenvalue weighted by atomic mass is 9.80. The predicted octanol–water partition coefficient (Wildman–Crippen LogP) is 5.04. The molecule has 250 valence electrons. The number of esters is 1. The van der Waals surface area contributed by atoms with Crippen LogP contribution in [-0.2, 0) is 38.9 Å². The summed E-state index contributed by atoms with van der Waals surface area (Å²) in [5.41, 5.74) is -5.43. The minimum Gasteiger partial charge on any atom is -0.457 e. The van der Waals surface area contributed by atoms with Crippen LogP contribution in [0, 0.1) is 6.08 Å². The first kappa shape index (κ1) is 33.1. The van der Waals surface area contributed by atoms with Gasteiger partial charge in [0.15, 0.2) is 24.1 Å². The van der Waals surface area contributed by atoms with Gasteiger partial charge < -0.3 is 14.2 Å². The van der Waals surface area contributed by atoms with Gasteiger partial charge in [0.2, 0.25) is 0 Å². The Hall–Kier alpha value is -4.77. The van der Waals surface area contributed by atoms with Crippen LogP contribution in [0.2, 0.25) is 0 Å². The van der Waals surface area contributed by atoms with E-state index in [9.17, 15) is 30.8 Å². The van der Waals surface area contributed by atoms with E-state index in [1.54, 1.807) is 36.4 Å². The fraction of sp³-hybridized carbons (Fsp3) is 0.250. The standard InChI is InChI=1S/C32H26F4N4O7S/c1-20(41)45-26-25(18-44-31(21-11-5-2-6-12-21,22-13-7-3-8-14-22)23-15-9-4-10-16-23)46-29(27(26)47-48(42,43)32(34,35)36)40-19-38-24-17-37-30(33)39-28(24)40/h2-17,19,25-27,29H,18H2,1H3/t25-,26-,27-,29-/m1/s1. The van der Waals surface area contributed by atoms with E-state index in [4.69, 9.17) is 18.4 Å². The van der Waals surface area contributed by atoms with E-state index in [-0.39, 0.29) is 11.2 Å². The van der Waals surface area contributed by atoms with Crippen LogP contribution in [0.15, 0.2) is 104 Å². The van der Waals surface area contributed by atoms with Gasteiger partial charge in [-0.3, -0.25) is 13.5 Å². The first-order chi connectivity index (χ1) is 22.9. The molecule has 11 nitrogen and oxygen atoms in total. The van der Waals surface area contributed by atoms with E-state index in [1.165, 1.54) is 0 Å². The molecular weight excluding hydrogens is 660 g/mol. The number of hydrogen-bond acceptors (Lipinski definition) is 10. The highest BCUT2D eigenvalue weighted by molar-refractivity contribution is 7.87. The van der Waals surface area contributed by atoms with E-state index in [1.807, 2.05) is 54.6 Å². The van der Waals surface area contributed by atoms with Crippen molar-refractivity contribution < 1.29 is 49.2 Å². The molecule has 1 aliphatic heterocycles. The summed E-state index contributed by atoms with van der Waals surface area (Å²) in [7, 11) is -6.28. The molecule has 1 fully saturated rings. The summed E-state index contributed by atoms with van der Waals surface area (Å²) < 4.78 is 104. The van der Waals surface area contributed by atoms with Crippen molar-refractivity contribution in [2.75, 3.05) is 6.61 Å². The normalized spacial score (nSPS) is 20.2. The number of ether oxygens (including phenoxy) is 3. The van der Waals surface area contributed by atoms with Crippen LogP contribution in [0.5, 0.6) is 0 Å². The molecule has 0 N–H and O–H groups in total. The van der Waals surface area contributed by atoms with Crippen LogP contribution >= 0.6 is 0 Å². The van der Waals surface area contributed by atoms with Gasteiger partial charge in [-0.2, -0.15) is 31.0 Å². The number of benzene rings is 3. The average molecular weight is 687 g/mol. The number of hydrogen-bond donors (Lipinski definition) is 0. The number of imidazole rings is 1. The third-order valence-corrected chi connectivity index (χ3v) is 8.72. The van der Waals surface area contributed by atoms with Gasteiger partial charge in [-0.15, -0.1) is 0 Å². The van der Waals surface area contributed by atoms with E-state index in [0.29, 0.717) is 16.7 Å². The smallest absolute Gasteiger partial charge is 0.457 e. The second-order valence-corrected chi connectivity index (χ2v) is 12.3. The van der Waals surface area contributed by atoms with Crippen molar-refractivity contribution in [3.05, 3.63) is 126 Å². The topological polar surface area (TPSA) is 132 Å². The van der Waals surface area contributed by atoms with Gasteiger partial charge in [0, 0.05) is 6.92 Å². The highest BCUT2D eigenvalue weighted by Crippen LogP contribution is 2.43. The van der Waals surface area contributed by atoms with Crippen LogP contribution in [0.4, 0.5) is 17.6 Å². The third-order valence-electron chi connectivity index (χ3n) is 7.67. The minimum atomic E-state index is -6.28. The zero-order chi connectivity index (χ0) is 34.1. The lowest BCUT2D eigenvalue weighted by molar-refractivity contribution is -0.155. The van der Waals surface area contributed by atoms with Gasteiger partial charge in [-0.25, -0.2) is 9.97 Å². The Morgan fingerprint density at radius 1 is 0.875 bits per heavy atom. The third kappa shape index (κ3) is 6.26. The number of fused-ring (bicyclic) bond motifs is 1. The molecule has 16 heteroatoms. The van der Waals surface area contributed by atoms with Crippen molar-refractivity contribution in [3.8, 4) is 0 Å². The summed E-state index contributed by atoms with van der Waals surface area (Å²) in [6.45, 7) is 0.507. The lowest BCUT2D eigenvalue weighted by Crippen LogP contribution is -2.44. The van der Waals surface area contributed by atoms with Crippen molar-refractivity contribution >= 4 is 27.3 Å². The largest absolute Gasteiger partial charge is 0.523 e. The molecule has 3 heterocycles. The number of halogens is 4. The quantitative estimate of drug-likeness (QED) is 0.0492. The Labute approximate surface area is 271 Å². The molecule has 5 aromatic rings. The molecule has 1 aliphatic rings. The fourth-order valence-electron chi connectivity index (χ4n) is 5.67. The molecule has 0 aliphatic carbocycles. The highest BCUT2D eigenvalue weighted by Gasteiger charge is 2.57. The maximum Gasteiger partial charge on any atom is 0.523 e. The summed E-state index contributed by atoms with van der Waals surface area (Å²) in [5, 5.41) is 0. The van der Waals surface area contributed by atoms with Crippen molar-refractivity contribution in [3.63, 3.8) is 0 Å². The van der Waals surface area contributed by atoms with Crippen LogP contribution < -0.4 is 0 Å². The summed E-state index contributed by atoms with van der Waals surface area (Å²) >= 11 is 0. The molecule has 0 unspecified atom stereocenters. The van der Waals surface area contributed by atoms with Crippen LogP contribution in [-0.4, -0.2) is 64.3 Å². The SMILES string of the molecule is CC(=O)O[C@H]1[C@@H](OS(=O)(=O)C(F)(F)F)[C@H](n2cnc3cnc(F)nc32)O[C@@H]1COC(c1ccccc1)(c1ccccc1)c1ccccc1.